The van der Waals surface area contributed by atoms with Crippen LogP contribution in [0.2, 0.25) is 5.02 Å². The van der Waals surface area contributed by atoms with E-state index in [0.29, 0.717) is 76.6 Å². The third-order valence-corrected chi connectivity index (χ3v) is 10.9. The van der Waals surface area contributed by atoms with Gasteiger partial charge in [0.1, 0.15) is 28.4 Å². The molecule has 57 heavy (non-hydrogen) atoms. The van der Waals surface area contributed by atoms with E-state index in [1.165, 1.54) is 23.6 Å². The lowest BCUT2D eigenvalue weighted by atomic mass is 10.0. The molecule has 0 radical (unpaired) electrons. The Morgan fingerprint density at radius 3 is 2.56 bits per heavy atom. The van der Waals surface area contributed by atoms with Crippen LogP contribution in [0.3, 0.4) is 0 Å². The third kappa shape index (κ3) is 8.72. The summed E-state index contributed by atoms with van der Waals surface area (Å²) < 4.78 is 5.72. The van der Waals surface area contributed by atoms with Crippen LogP contribution in [0, 0.1) is 13.8 Å². The molecule has 4 N–H and O–H groups in total. The largest absolute Gasteiger partial charge is 0.382 e. The summed E-state index contributed by atoms with van der Waals surface area (Å²) in [7, 11) is 0. The number of nitrogens with zero attached hydrogens (tertiary/aromatic N) is 6. The highest BCUT2D eigenvalue weighted by molar-refractivity contribution is 7.17. The highest BCUT2D eigenvalue weighted by atomic mass is 35.5. The van der Waals surface area contributed by atoms with Gasteiger partial charge in [-0.1, -0.05) is 41.1 Å². The number of fused-ring (bicyclic) bond motifs is 1. The first-order valence-electron chi connectivity index (χ1n) is 18.3. The molecule has 5 heterocycles. The molecule has 1 unspecified atom stereocenters. The van der Waals surface area contributed by atoms with Crippen LogP contribution in [-0.4, -0.2) is 112 Å². The zero-order valence-corrected chi connectivity index (χ0v) is 32.7. The molecule has 6 amide bonds. The Morgan fingerprint density at radius 2 is 1.79 bits per heavy atom. The Bertz CT molecular complexity index is 2240. The van der Waals surface area contributed by atoms with Gasteiger partial charge in [-0.15, -0.1) is 0 Å². The van der Waals surface area contributed by atoms with Crippen molar-refractivity contribution in [2.24, 2.45) is 0 Å². The van der Waals surface area contributed by atoms with E-state index in [9.17, 15) is 28.8 Å². The second-order valence-electron chi connectivity index (χ2n) is 13.5. The Balaban J connectivity index is 0.842. The van der Waals surface area contributed by atoms with Crippen LogP contribution < -0.4 is 26.2 Å². The maximum atomic E-state index is 13.3. The standard InChI is InChI=1S/C38H39ClN10O7S/c1-21-5-3-7-24(39)33(21)46-35(53)27-20-41-38(57-27)44-28-19-29(43-22(2)42-28)47-13-15-48(16-14-47)31(51)11-17-56-18-12-40-25-8-4-6-23-32(25)37(55)49(36(23)54)26-9-10-30(50)45-34(26)52/h3-8,19-20,26,40H,9-18H2,1-2H3,(H,46,53)(H,45,50,52)(H,41,42,43,44). The summed E-state index contributed by atoms with van der Waals surface area (Å²) in [5.74, 6) is -0.841. The molecule has 19 heteroatoms. The fourth-order valence-corrected chi connectivity index (χ4v) is 7.80. The number of benzene rings is 2. The van der Waals surface area contributed by atoms with Crippen LogP contribution in [-0.2, 0) is 19.1 Å². The molecule has 0 bridgehead atoms. The number of nitrogens with one attached hydrogen (secondary N) is 4. The summed E-state index contributed by atoms with van der Waals surface area (Å²) in [5, 5.41) is 12.3. The topological polar surface area (TPSA) is 208 Å². The van der Waals surface area contributed by atoms with Crippen LogP contribution in [0.25, 0.3) is 0 Å². The van der Waals surface area contributed by atoms with Gasteiger partial charge in [-0.2, -0.15) is 0 Å². The fourth-order valence-electron chi connectivity index (χ4n) is 6.81. The maximum Gasteiger partial charge on any atom is 0.267 e. The van der Waals surface area contributed by atoms with Gasteiger partial charge in [0.15, 0.2) is 5.13 Å². The van der Waals surface area contributed by atoms with E-state index in [1.807, 2.05) is 25.1 Å². The van der Waals surface area contributed by atoms with Gasteiger partial charge >= 0.3 is 0 Å². The molecule has 2 saturated heterocycles. The van der Waals surface area contributed by atoms with Crippen LogP contribution in [0.4, 0.5) is 28.1 Å². The van der Waals surface area contributed by atoms with E-state index < -0.39 is 29.7 Å². The van der Waals surface area contributed by atoms with Gasteiger partial charge in [0.05, 0.1) is 47.7 Å². The molecule has 0 saturated carbocycles. The van der Waals surface area contributed by atoms with Crippen molar-refractivity contribution in [1.29, 1.82) is 0 Å². The molecule has 3 aliphatic heterocycles. The number of rotatable bonds is 13. The summed E-state index contributed by atoms with van der Waals surface area (Å²) in [6, 6.07) is 11.0. The number of carbonyl (C=O) groups is 6. The second-order valence-corrected chi connectivity index (χ2v) is 15.0. The molecule has 0 aliphatic carbocycles. The van der Waals surface area contributed by atoms with Crippen molar-refractivity contribution in [2.75, 3.05) is 66.8 Å². The Kier molecular flexibility index (Phi) is 11.7. The molecule has 2 aromatic carbocycles. The van der Waals surface area contributed by atoms with Crippen molar-refractivity contribution in [3.63, 3.8) is 0 Å². The number of halogens is 1. The lowest BCUT2D eigenvalue weighted by Gasteiger charge is -2.35. The summed E-state index contributed by atoms with van der Waals surface area (Å²) in [5.41, 5.74) is 2.19. The minimum atomic E-state index is -1.04. The number of para-hydroxylation sites is 1. The predicted octanol–water partition coefficient (Wildman–Crippen LogP) is 3.77. The molecule has 17 nitrogen and oxygen atoms in total. The van der Waals surface area contributed by atoms with Crippen LogP contribution in [0.15, 0.2) is 48.7 Å². The summed E-state index contributed by atoms with van der Waals surface area (Å²) in [4.78, 5) is 94.9. The molecule has 2 aromatic heterocycles. The minimum Gasteiger partial charge on any atom is -0.382 e. The number of thiazole rings is 1. The zero-order valence-electron chi connectivity index (χ0n) is 31.1. The first-order chi connectivity index (χ1) is 27.5. The highest BCUT2D eigenvalue weighted by Gasteiger charge is 2.45. The number of piperidine rings is 1. The number of hydrogen-bond acceptors (Lipinski definition) is 14. The number of ether oxygens (including phenoxy) is 1. The van der Waals surface area contributed by atoms with E-state index in [1.54, 1.807) is 30.0 Å². The molecule has 1 atom stereocenters. The van der Waals surface area contributed by atoms with Crippen LogP contribution >= 0.6 is 22.9 Å². The van der Waals surface area contributed by atoms with Crippen LogP contribution in [0.1, 0.15) is 61.0 Å². The Hall–Kier alpha value is -5.98. The second kappa shape index (κ2) is 17.0. The van der Waals surface area contributed by atoms with Gasteiger partial charge in [0.2, 0.25) is 17.7 Å². The Morgan fingerprint density at radius 1 is 1.00 bits per heavy atom. The number of aryl methyl sites for hydroxylation is 2. The molecule has 4 aromatic rings. The SMILES string of the molecule is Cc1nc(Nc2ncc(C(=O)Nc3c(C)cccc3Cl)s2)cc(N2CCN(C(=O)CCOCCNc3cccc4c3C(=O)N(C3CCC(=O)NC3=O)C4=O)CC2)n1. The lowest BCUT2D eigenvalue weighted by molar-refractivity contribution is -0.136. The lowest BCUT2D eigenvalue weighted by Crippen LogP contribution is -2.54. The summed E-state index contributed by atoms with van der Waals surface area (Å²) in [6.07, 6.45) is 1.81. The number of carbonyl (C=O) groups excluding carboxylic acids is 6. The van der Waals surface area contributed by atoms with Crippen molar-refractivity contribution >= 4 is 86.5 Å². The number of piperazine rings is 1. The van der Waals surface area contributed by atoms with Crippen LogP contribution in [0.5, 0.6) is 0 Å². The van der Waals surface area contributed by atoms with Gasteiger partial charge in [-0.05, 0) is 44.0 Å². The van der Waals surface area contributed by atoms with Crippen molar-refractivity contribution in [2.45, 2.75) is 39.2 Å². The molecule has 3 aliphatic rings. The van der Waals surface area contributed by atoms with E-state index >= 15 is 0 Å². The van der Waals surface area contributed by atoms with Gasteiger partial charge < -0.3 is 30.5 Å². The molecular formula is C38H39ClN10O7S. The van der Waals surface area contributed by atoms with Crippen molar-refractivity contribution in [3.05, 3.63) is 81.1 Å². The molecule has 0 spiro atoms. The summed E-state index contributed by atoms with van der Waals surface area (Å²) in [6.45, 7) is 6.55. The summed E-state index contributed by atoms with van der Waals surface area (Å²) >= 11 is 7.46. The first kappa shape index (κ1) is 39.3. The van der Waals surface area contributed by atoms with Crippen molar-refractivity contribution in [3.8, 4) is 0 Å². The smallest absolute Gasteiger partial charge is 0.267 e. The average molecular weight is 815 g/mol. The molecule has 7 rings (SSSR count). The normalized spacial score (nSPS) is 16.8. The number of anilines is 5. The first-order valence-corrected chi connectivity index (χ1v) is 19.5. The van der Waals surface area contributed by atoms with Gasteiger partial charge in [0.25, 0.3) is 17.7 Å². The number of hydrogen-bond donors (Lipinski definition) is 4. The van der Waals surface area contributed by atoms with Gasteiger partial charge in [-0.25, -0.2) is 15.0 Å². The van der Waals surface area contributed by atoms with Crippen molar-refractivity contribution < 1.29 is 33.5 Å². The number of imide groups is 2. The number of amides is 6. The highest BCUT2D eigenvalue weighted by Crippen LogP contribution is 2.33. The average Bonchev–Trinajstić information content (AvgIpc) is 3.76. The monoisotopic (exact) mass is 814 g/mol. The Labute approximate surface area is 336 Å². The molecular weight excluding hydrogens is 776 g/mol. The molecule has 296 valence electrons. The quantitative estimate of drug-likeness (QED) is 0.112. The minimum absolute atomic E-state index is 0.0318. The van der Waals surface area contributed by atoms with E-state index in [2.05, 4.69) is 41.1 Å². The van der Waals surface area contributed by atoms with Crippen molar-refractivity contribution in [1.82, 2.24) is 30.1 Å². The number of aromatic nitrogens is 3. The van der Waals surface area contributed by atoms with E-state index in [0.717, 1.165) is 10.5 Å². The fraction of sp³-hybridized carbons (Fsp3) is 0.342. The van der Waals surface area contributed by atoms with Gasteiger partial charge in [-0.3, -0.25) is 39.0 Å². The molecule has 2 fully saturated rings. The maximum absolute atomic E-state index is 13.3. The van der Waals surface area contributed by atoms with E-state index in [4.69, 9.17) is 16.3 Å². The zero-order chi connectivity index (χ0) is 40.2. The van der Waals surface area contributed by atoms with E-state index in [-0.39, 0.29) is 55.4 Å². The van der Waals surface area contributed by atoms with Gasteiger partial charge in [0, 0.05) is 50.9 Å². The third-order valence-electron chi connectivity index (χ3n) is 9.70. The predicted molar refractivity (Wildman–Crippen MR) is 212 cm³/mol.